The first kappa shape index (κ1) is 60.1. The monoisotopic (exact) mass is 1120 g/mol. The third kappa shape index (κ3) is 12.4. The van der Waals surface area contributed by atoms with Crippen molar-refractivity contribution < 1.29 is 44.6 Å². The number of carbonyl (C=O) groups excluding carboxylic acids is 1. The fraction of sp³-hybridized carbons (Fsp3) is 0.743. The van der Waals surface area contributed by atoms with Crippen LogP contribution in [0.2, 0.25) is 0 Å². The molecule has 8 atom stereocenters. The Hall–Kier alpha value is -4.06. The number of carboxylic acids is 1. The quantitative estimate of drug-likeness (QED) is 0.0845. The summed E-state index contributed by atoms with van der Waals surface area (Å²) in [6, 6.07) is 8.11. The summed E-state index contributed by atoms with van der Waals surface area (Å²) in [6.45, 7) is 21.9. The van der Waals surface area contributed by atoms with Gasteiger partial charge in [-0.1, -0.05) is 105 Å². The molecule has 2 aromatic rings. The lowest BCUT2D eigenvalue weighted by atomic mass is 9.51. The molecular weight excluding hydrogens is 1010 g/mol. The van der Waals surface area contributed by atoms with Crippen LogP contribution in [0.4, 0.5) is 0 Å². The number of hydrogen-bond acceptors (Lipinski definition) is 9. The van der Waals surface area contributed by atoms with Crippen molar-refractivity contribution in [2.45, 2.75) is 292 Å². The molecule has 1 amide bonds. The molecule has 8 fully saturated rings. The SMILES string of the molecule is CCCCCCC(C)(C)c1cc(O)c2c(c1)OC(C)(C)[C@@H]1CC=C(C(=O)NC34CC5CC(CC(O)(C5)C3)C4)C[C@@H]21.CCCCCCC(C)(C)c1cc(O)c2c(c1)OC(C)(C)[C@@H]1CC=C(C(=O)O)C[C@@H]21.NC12CC3CC(C1)CC(O)(C3)C2. The van der Waals surface area contributed by atoms with E-state index >= 15 is 0 Å². The van der Waals surface area contributed by atoms with Gasteiger partial charge in [0.2, 0.25) is 5.91 Å². The van der Waals surface area contributed by atoms with Gasteiger partial charge in [0, 0.05) is 57.0 Å². The van der Waals surface area contributed by atoms with Crippen molar-refractivity contribution in [3.05, 3.63) is 69.8 Å². The van der Waals surface area contributed by atoms with Crippen molar-refractivity contribution in [2.24, 2.45) is 41.2 Å². The molecule has 11 nitrogen and oxygen atoms in total. The van der Waals surface area contributed by atoms with Gasteiger partial charge in [0.15, 0.2) is 0 Å². The van der Waals surface area contributed by atoms with Crippen molar-refractivity contribution in [2.75, 3.05) is 0 Å². The fourth-order valence-corrected chi connectivity index (χ4v) is 19.2. The van der Waals surface area contributed by atoms with Gasteiger partial charge < -0.3 is 46.1 Å². The van der Waals surface area contributed by atoms with Crippen molar-refractivity contribution in [1.29, 1.82) is 0 Å². The average Bonchev–Trinajstić information content (AvgIpc) is 3.49. The molecule has 8 N–H and O–H groups in total. The standard InChI is InChI=1S/C35H51NO4.C25H36O4.C10H17NO/c1-6-7-8-9-12-32(2,3)25-15-28(37)30-26-14-24(10-11-27(26)33(4,5)40-29(30)16-25)31(38)36-34-17-22-13-23(18-34)20-35(39,19-22)21-34;1-6-7-8-9-12-24(2,3)17-14-20(26)22-18-13-16(23(27)28)10-11-19(18)25(4,5)29-21(22)15-17;11-9-2-7-1-8(3-9)5-10(12,4-7)6-9/h10,15-16,22-23,26-27,37,39H,6-9,11-14,17-21H2,1-5H3,(H,36,38);10,14-15,18-19,26H,6-9,11-13H2,1-5H3,(H,27,28);7-8,12H,1-6,11H2/t22?,23?,26-,27-,34?,35?;18-,19-;/m11./s1. The third-order valence-electron chi connectivity index (χ3n) is 22.5. The number of phenolic OH excluding ortho intramolecular Hbond substituents is 2. The molecule has 2 aliphatic heterocycles. The zero-order valence-corrected chi connectivity index (χ0v) is 51.4. The highest BCUT2D eigenvalue weighted by atomic mass is 16.5. The minimum absolute atomic E-state index is 0.0127. The van der Waals surface area contributed by atoms with Gasteiger partial charge in [-0.2, -0.15) is 0 Å². The highest BCUT2D eigenvalue weighted by Gasteiger charge is 2.59. The van der Waals surface area contributed by atoms with Gasteiger partial charge in [-0.25, -0.2) is 4.79 Å². The normalized spacial score (nSPS) is 34.9. The van der Waals surface area contributed by atoms with Gasteiger partial charge in [0.1, 0.15) is 34.2 Å². The van der Waals surface area contributed by atoms with Crippen molar-refractivity contribution in [3.8, 4) is 23.0 Å². The largest absolute Gasteiger partial charge is 0.508 e. The van der Waals surface area contributed by atoms with E-state index in [-0.39, 0.29) is 62.8 Å². The molecule has 448 valence electrons. The number of aromatic hydroxyl groups is 2. The van der Waals surface area contributed by atoms with Gasteiger partial charge in [-0.15, -0.1) is 0 Å². The number of carboxylic acid groups (broad SMARTS) is 1. The maximum atomic E-state index is 13.8. The van der Waals surface area contributed by atoms with E-state index in [4.69, 9.17) is 15.2 Å². The predicted octanol–water partition coefficient (Wildman–Crippen LogP) is 14.8. The van der Waals surface area contributed by atoms with Crippen molar-refractivity contribution >= 4 is 11.9 Å². The van der Waals surface area contributed by atoms with Crippen molar-refractivity contribution in [3.63, 3.8) is 0 Å². The van der Waals surface area contributed by atoms with E-state index in [9.17, 15) is 35.1 Å². The number of aliphatic hydroxyl groups is 2. The predicted molar refractivity (Wildman–Crippen MR) is 321 cm³/mol. The zero-order valence-electron chi connectivity index (χ0n) is 51.4. The zero-order chi connectivity index (χ0) is 58.3. The number of aliphatic carboxylic acids is 1. The maximum Gasteiger partial charge on any atom is 0.331 e. The van der Waals surface area contributed by atoms with E-state index in [0.717, 1.165) is 115 Å². The summed E-state index contributed by atoms with van der Waals surface area (Å²) in [5.41, 5.74) is 9.26. The Kier molecular flexibility index (Phi) is 16.4. The Morgan fingerprint density at radius 2 is 1.02 bits per heavy atom. The van der Waals surface area contributed by atoms with E-state index < -0.39 is 22.8 Å². The summed E-state index contributed by atoms with van der Waals surface area (Å²) in [4.78, 5) is 25.4. The van der Waals surface area contributed by atoms with E-state index in [0.29, 0.717) is 48.8 Å². The number of hydrogen-bond donors (Lipinski definition) is 7. The molecule has 2 aromatic carbocycles. The van der Waals surface area contributed by atoms with Gasteiger partial charge in [0.05, 0.1) is 11.2 Å². The Balaban J connectivity index is 0.000000155. The molecule has 0 aromatic heterocycles. The van der Waals surface area contributed by atoms with E-state index in [1.165, 1.54) is 77.0 Å². The number of fused-ring (bicyclic) bond motifs is 6. The van der Waals surface area contributed by atoms with Crippen LogP contribution in [0.3, 0.4) is 0 Å². The van der Waals surface area contributed by atoms with Crippen molar-refractivity contribution in [1.82, 2.24) is 5.32 Å². The average molecular weight is 1120 g/mol. The second-order valence-electron chi connectivity index (χ2n) is 31.2. The van der Waals surface area contributed by atoms with Gasteiger partial charge >= 0.3 is 5.97 Å². The number of carbonyl (C=O) groups is 2. The molecule has 14 rings (SSSR count). The van der Waals surface area contributed by atoms with Gasteiger partial charge in [0.25, 0.3) is 0 Å². The summed E-state index contributed by atoms with van der Waals surface area (Å²) in [5, 5.41) is 56.8. The smallest absolute Gasteiger partial charge is 0.331 e. The lowest BCUT2D eigenvalue weighted by molar-refractivity contribution is -0.149. The van der Waals surface area contributed by atoms with Crippen LogP contribution >= 0.6 is 0 Å². The topological polar surface area (TPSA) is 192 Å². The molecule has 4 unspecified atom stereocenters. The maximum absolute atomic E-state index is 13.8. The number of unbranched alkanes of at least 4 members (excludes halogenated alkanes) is 6. The molecular formula is C70H104N2O9. The molecule has 0 saturated heterocycles. The van der Waals surface area contributed by atoms with Crippen LogP contribution in [-0.4, -0.2) is 70.9 Å². The molecule has 8 saturated carbocycles. The molecule has 2 heterocycles. The minimum Gasteiger partial charge on any atom is -0.508 e. The van der Waals surface area contributed by atoms with Crippen LogP contribution < -0.4 is 20.5 Å². The molecule has 0 spiro atoms. The molecule has 8 bridgehead atoms. The fourth-order valence-electron chi connectivity index (χ4n) is 19.2. The lowest BCUT2D eigenvalue weighted by Gasteiger charge is -2.60. The molecule has 0 radical (unpaired) electrons. The second-order valence-corrected chi connectivity index (χ2v) is 31.2. The van der Waals surface area contributed by atoms with Crippen LogP contribution in [0, 0.1) is 35.5 Å². The van der Waals surface area contributed by atoms with E-state index in [2.05, 4.69) is 92.8 Å². The summed E-state index contributed by atoms with van der Waals surface area (Å²) in [6.07, 6.45) is 30.6. The van der Waals surface area contributed by atoms with E-state index in [1.54, 1.807) is 0 Å². The summed E-state index contributed by atoms with van der Waals surface area (Å²) < 4.78 is 13.0. The van der Waals surface area contributed by atoms with Gasteiger partial charge in [-0.05, 0) is 213 Å². The first-order chi connectivity index (χ1) is 38.0. The molecule has 81 heavy (non-hydrogen) atoms. The summed E-state index contributed by atoms with van der Waals surface area (Å²) in [7, 11) is 0. The summed E-state index contributed by atoms with van der Waals surface area (Å²) >= 11 is 0. The van der Waals surface area contributed by atoms with E-state index in [1.807, 2.05) is 18.2 Å². The molecule has 10 aliphatic carbocycles. The van der Waals surface area contributed by atoms with Crippen LogP contribution in [0.25, 0.3) is 0 Å². The Morgan fingerprint density at radius 3 is 1.43 bits per heavy atom. The lowest BCUT2D eigenvalue weighted by Crippen LogP contribution is -2.65. The number of allylic oxidation sites excluding steroid dienone is 2. The number of nitrogens with two attached hydrogens (primary N) is 1. The Bertz CT molecular complexity index is 2700. The number of rotatable bonds is 15. The van der Waals surface area contributed by atoms with Crippen LogP contribution in [0.1, 0.15) is 270 Å². The summed E-state index contributed by atoms with van der Waals surface area (Å²) in [5.74, 6) is 4.10. The number of ether oxygens (including phenoxy) is 2. The highest BCUT2D eigenvalue weighted by molar-refractivity contribution is 5.94. The van der Waals surface area contributed by atoms with Crippen LogP contribution in [0.15, 0.2) is 47.6 Å². The highest BCUT2D eigenvalue weighted by Crippen LogP contribution is 2.60. The van der Waals surface area contributed by atoms with Gasteiger partial charge in [-0.3, -0.25) is 4.79 Å². The third-order valence-corrected chi connectivity index (χ3v) is 22.5. The van der Waals surface area contributed by atoms with Crippen LogP contribution in [0.5, 0.6) is 23.0 Å². The number of amides is 1. The minimum atomic E-state index is -0.862. The second kappa shape index (κ2) is 22.1. The first-order valence-electron chi connectivity index (χ1n) is 32.3. The number of nitrogens with one attached hydrogen (secondary N) is 1. The van der Waals surface area contributed by atoms with Crippen LogP contribution in [-0.2, 0) is 20.4 Å². The number of benzene rings is 2. The first-order valence-corrected chi connectivity index (χ1v) is 32.3. The molecule has 11 heteroatoms. The molecule has 12 aliphatic rings. The Labute approximate surface area is 486 Å². The Morgan fingerprint density at radius 1 is 0.605 bits per heavy atom. The number of phenols is 2.